The molecular weight excluding hydrogens is 266 g/mol. The SMILES string of the molecule is CCCCNC(=O)C1CCCCC1C(=O)N1CCNCC1. The smallest absolute Gasteiger partial charge is 0.226 e. The molecule has 0 radical (unpaired) electrons. The van der Waals surface area contributed by atoms with Crippen LogP contribution in [-0.2, 0) is 9.59 Å². The predicted molar refractivity (Wildman–Crippen MR) is 82.8 cm³/mol. The van der Waals surface area contributed by atoms with Crippen LogP contribution >= 0.6 is 0 Å². The lowest BCUT2D eigenvalue weighted by Gasteiger charge is -2.35. The largest absolute Gasteiger partial charge is 0.356 e. The van der Waals surface area contributed by atoms with Crippen LogP contribution in [0.4, 0.5) is 0 Å². The number of rotatable bonds is 5. The Morgan fingerprint density at radius 1 is 1.14 bits per heavy atom. The molecule has 1 saturated carbocycles. The molecule has 1 aliphatic heterocycles. The number of hydrogen-bond donors (Lipinski definition) is 2. The van der Waals surface area contributed by atoms with Gasteiger partial charge in [-0.1, -0.05) is 26.2 Å². The zero-order chi connectivity index (χ0) is 15.1. The van der Waals surface area contributed by atoms with Crippen molar-refractivity contribution in [2.75, 3.05) is 32.7 Å². The maximum Gasteiger partial charge on any atom is 0.226 e. The summed E-state index contributed by atoms with van der Waals surface area (Å²) in [7, 11) is 0. The summed E-state index contributed by atoms with van der Waals surface area (Å²) in [5.74, 6) is 0.0833. The van der Waals surface area contributed by atoms with Crippen LogP contribution in [0, 0.1) is 11.8 Å². The Bertz CT molecular complexity index is 353. The molecular formula is C16H29N3O2. The van der Waals surface area contributed by atoms with Crippen LogP contribution in [0.25, 0.3) is 0 Å². The minimum atomic E-state index is -0.113. The zero-order valence-electron chi connectivity index (χ0n) is 13.2. The lowest BCUT2D eigenvalue weighted by molar-refractivity contribution is -0.144. The summed E-state index contributed by atoms with van der Waals surface area (Å²) >= 11 is 0. The quantitative estimate of drug-likeness (QED) is 0.748. The Balaban J connectivity index is 1.93. The van der Waals surface area contributed by atoms with Gasteiger partial charge in [-0.3, -0.25) is 9.59 Å². The van der Waals surface area contributed by atoms with E-state index in [4.69, 9.17) is 0 Å². The molecule has 0 spiro atoms. The van der Waals surface area contributed by atoms with Gasteiger partial charge < -0.3 is 15.5 Å². The Kier molecular flexibility index (Phi) is 6.49. The minimum absolute atomic E-state index is 0.0941. The third-order valence-corrected chi connectivity index (χ3v) is 4.68. The van der Waals surface area contributed by atoms with Gasteiger partial charge in [0, 0.05) is 44.6 Å². The van der Waals surface area contributed by atoms with E-state index in [1.54, 1.807) is 0 Å². The summed E-state index contributed by atoms with van der Waals surface area (Å²) in [5, 5.41) is 6.29. The summed E-state index contributed by atoms with van der Waals surface area (Å²) in [5.41, 5.74) is 0. The summed E-state index contributed by atoms with van der Waals surface area (Å²) in [4.78, 5) is 27.0. The normalized spacial score (nSPS) is 26.4. The molecule has 0 aromatic carbocycles. The first-order valence-corrected chi connectivity index (χ1v) is 8.51. The van der Waals surface area contributed by atoms with E-state index in [1.165, 1.54) is 0 Å². The minimum Gasteiger partial charge on any atom is -0.356 e. The highest BCUT2D eigenvalue weighted by molar-refractivity contribution is 5.88. The van der Waals surface area contributed by atoms with E-state index in [-0.39, 0.29) is 23.7 Å². The highest BCUT2D eigenvalue weighted by atomic mass is 16.2. The third-order valence-electron chi connectivity index (χ3n) is 4.68. The molecule has 2 unspecified atom stereocenters. The third kappa shape index (κ3) is 4.43. The summed E-state index contributed by atoms with van der Waals surface area (Å²) in [6.07, 6.45) is 5.95. The van der Waals surface area contributed by atoms with Crippen LogP contribution < -0.4 is 10.6 Å². The second kappa shape index (κ2) is 8.37. The second-order valence-electron chi connectivity index (χ2n) is 6.22. The van der Waals surface area contributed by atoms with Gasteiger partial charge >= 0.3 is 0 Å². The summed E-state index contributed by atoms with van der Waals surface area (Å²) in [6, 6.07) is 0. The molecule has 5 nitrogen and oxygen atoms in total. The molecule has 0 aromatic rings. The molecule has 0 aromatic heterocycles. The molecule has 2 rings (SSSR count). The molecule has 2 amide bonds. The maximum absolute atomic E-state index is 12.7. The van der Waals surface area contributed by atoms with Gasteiger partial charge in [0.2, 0.25) is 11.8 Å². The number of nitrogens with one attached hydrogen (secondary N) is 2. The molecule has 1 heterocycles. The fourth-order valence-corrected chi connectivity index (χ4v) is 3.38. The molecule has 2 fully saturated rings. The predicted octanol–water partition coefficient (Wildman–Crippen LogP) is 1.14. The first-order chi connectivity index (χ1) is 10.2. The van der Waals surface area contributed by atoms with Gasteiger partial charge in [0.15, 0.2) is 0 Å². The van der Waals surface area contributed by atoms with E-state index in [1.807, 2.05) is 4.90 Å². The highest BCUT2D eigenvalue weighted by Gasteiger charge is 2.37. The standard InChI is InChI=1S/C16H29N3O2/c1-2-3-8-18-15(20)13-6-4-5-7-14(13)16(21)19-11-9-17-10-12-19/h13-14,17H,2-12H2,1H3,(H,18,20). The Hall–Kier alpha value is -1.10. The first kappa shape index (κ1) is 16.3. The summed E-state index contributed by atoms with van der Waals surface area (Å²) < 4.78 is 0. The van der Waals surface area contributed by atoms with Gasteiger partial charge in [-0.15, -0.1) is 0 Å². The van der Waals surface area contributed by atoms with E-state index >= 15 is 0 Å². The van der Waals surface area contributed by atoms with Crippen molar-refractivity contribution in [2.45, 2.75) is 45.4 Å². The van der Waals surface area contributed by atoms with E-state index in [2.05, 4.69) is 17.6 Å². The molecule has 21 heavy (non-hydrogen) atoms. The van der Waals surface area contributed by atoms with Crippen LogP contribution in [0.3, 0.4) is 0 Å². The van der Waals surface area contributed by atoms with E-state index in [0.717, 1.165) is 71.2 Å². The molecule has 0 bridgehead atoms. The fraction of sp³-hybridized carbons (Fsp3) is 0.875. The average Bonchev–Trinajstić information content (AvgIpc) is 2.55. The Morgan fingerprint density at radius 2 is 1.81 bits per heavy atom. The number of carbonyl (C=O) groups excluding carboxylic acids is 2. The molecule has 5 heteroatoms. The zero-order valence-corrected chi connectivity index (χ0v) is 13.2. The van der Waals surface area contributed by atoms with Gasteiger partial charge in [-0.05, 0) is 19.3 Å². The number of amides is 2. The van der Waals surface area contributed by atoms with Crippen molar-refractivity contribution in [3.8, 4) is 0 Å². The van der Waals surface area contributed by atoms with Gasteiger partial charge in [-0.2, -0.15) is 0 Å². The van der Waals surface area contributed by atoms with Crippen LogP contribution in [0.1, 0.15) is 45.4 Å². The molecule has 1 saturated heterocycles. The van der Waals surface area contributed by atoms with Crippen molar-refractivity contribution < 1.29 is 9.59 Å². The van der Waals surface area contributed by atoms with Gasteiger partial charge in [0.05, 0.1) is 0 Å². The maximum atomic E-state index is 12.7. The molecule has 2 aliphatic rings. The summed E-state index contributed by atoms with van der Waals surface area (Å²) in [6.45, 7) is 6.14. The van der Waals surface area contributed by atoms with Crippen molar-refractivity contribution in [1.82, 2.24) is 15.5 Å². The van der Waals surface area contributed by atoms with E-state index < -0.39 is 0 Å². The van der Waals surface area contributed by atoms with Crippen molar-refractivity contribution in [3.05, 3.63) is 0 Å². The average molecular weight is 295 g/mol. The van der Waals surface area contributed by atoms with Gasteiger partial charge in [0.25, 0.3) is 0 Å². The molecule has 2 N–H and O–H groups in total. The monoisotopic (exact) mass is 295 g/mol. The number of unbranched alkanes of at least 4 members (excludes halogenated alkanes) is 1. The Morgan fingerprint density at radius 3 is 2.48 bits per heavy atom. The van der Waals surface area contributed by atoms with Crippen molar-refractivity contribution in [2.24, 2.45) is 11.8 Å². The van der Waals surface area contributed by atoms with Crippen LogP contribution in [0.2, 0.25) is 0 Å². The van der Waals surface area contributed by atoms with E-state index in [9.17, 15) is 9.59 Å². The first-order valence-electron chi connectivity index (χ1n) is 8.51. The van der Waals surface area contributed by atoms with Crippen molar-refractivity contribution in [1.29, 1.82) is 0 Å². The second-order valence-corrected chi connectivity index (χ2v) is 6.22. The topological polar surface area (TPSA) is 61.4 Å². The lowest BCUT2D eigenvalue weighted by Crippen LogP contribution is -2.51. The van der Waals surface area contributed by atoms with Crippen molar-refractivity contribution >= 4 is 11.8 Å². The van der Waals surface area contributed by atoms with Gasteiger partial charge in [0.1, 0.15) is 0 Å². The Labute approximate surface area is 127 Å². The van der Waals surface area contributed by atoms with Crippen LogP contribution in [-0.4, -0.2) is 49.4 Å². The van der Waals surface area contributed by atoms with Gasteiger partial charge in [-0.25, -0.2) is 0 Å². The number of carbonyl (C=O) groups is 2. The van der Waals surface area contributed by atoms with Crippen LogP contribution in [0.5, 0.6) is 0 Å². The van der Waals surface area contributed by atoms with E-state index in [0.29, 0.717) is 0 Å². The molecule has 1 aliphatic carbocycles. The van der Waals surface area contributed by atoms with Crippen molar-refractivity contribution in [3.63, 3.8) is 0 Å². The number of nitrogens with zero attached hydrogens (tertiary/aromatic N) is 1. The lowest BCUT2D eigenvalue weighted by atomic mass is 9.77. The highest BCUT2D eigenvalue weighted by Crippen LogP contribution is 2.31. The molecule has 120 valence electrons. The number of hydrogen-bond acceptors (Lipinski definition) is 3. The van der Waals surface area contributed by atoms with Crippen LogP contribution in [0.15, 0.2) is 0 Å². The molecule has 2 atom stereocenters. The fourth-order valence-electron chi connectivity index (χ4n) is 3.38. The number of piperazine rings is 1.